The zero-order chi connectivity index (χ0) is 11.0. The Balaban J connectivity index is 3.60. The fourth-order valence-electron chi connectivity index (χ4n) is 1.31. The minimum Gasteiger partial charge on any atom is -0.352 e. The molecule has 14 heavy (non-hydrogen) atoms. The number of nitrogens with one attached hydrogen (secondary N) is 1. The Morgan fingerprint density at radius 3 is 2.50 bits per heavy atom. The van der Waals surface area contributed by atoms with Crippen LogP contribution < -0.4 is 11.1 Å². The van der Waals surface area contributed by atoms with E-state index in [1.54, 1.807) is 0 Å². The van der Waals surface area contributed by atoms with Crippen LogP contribution in [0.3, 0.4) is 0 Å². The first-order valence-electron chi connectivity index (χ1n) is 5.67. The van der Waals surface area contributed by atoms with E-state index >= 15 is 0 Å². The molecule has 0 fully saturated rings. The summed E-state index contributed by atoms with van der Waals surface area (Å²) in [4.78, 5) is 11.4. The lowest BCUT2D eigenvalue weighted by Gasteiger charge is -2.16. The lowest BCUT2D eigenvalue weighted by atomic mass is 10.1. The van der Waals surface area contributed by atoms with Gasteiger partial charge >= 0.3 is 0 Å². The number of carbonyl (C=O) groups is 1. The van der Waals surface area contributed by atoms with Crippen LogP contribution in [0.5, 0.6) is 0 Å². The Hall–Kier alpha value is -0.570. The molecule has 0 aromatic carbocycles. The molecule has 1 amide bonds. The van der Waals surface area contributed by atoms with Crippen molar-refractivity contribution in [1.82, 2.24) is 5.32 Å². The predicted molar refractivity (Wildman–Crippen MR) is 60.0 cm³/mol. The SMILES string of the molecule is CCCCCC(C)NC(=O)C(N)CC. The highest BCUT2D eigenvalue weighted by Gasteiger charge is 2.12. The van der Waals surface area contributed by atoms with E-state index in [1.807, 2.05) is 13.8 Å². The average molecular weight is 200 g/mol. The topological polar surface area (TPSA) is 55.1 Å². The van der Waals surface area contributed by atoms with Crippen molar-refractivity contribution in [3.8, 4) is 0 Å². The molecule has 0 rings (SSSR count). The predicted octanol–water partition coefficient (Wildman–Crippen LogP) is 1.81. The van der Waals surface area contributed by atoms with Gasteiger partial charge in [-0.1, -0.05) is 33.1 Å². The lowest BCUT2D eigenvalue weighted by molar-refractivity contribution is -0.123. The molecule has 0 spiro atoms. The molecule has 2 unspecified atom stereocenters. The van der Waals surface area contributed by atoms with Crippen molar-refractivity contribution < 1.29 is 4.79 Å². The highest BCUT2D eigenvalue weighted by Crippen LogP contribution is 2.03. The second-order valence-corrected chi connectivity index (χ2v) is 3.92. The van der Waals surface area contributed by atoms with Gasteiger partial charge in [-0.15, -0.1) is 0 Å². The summed E-state index contributed by atoms with van der Waals surface area (Å²) in [5, 5.41) is 2.93. The van der Waals surface area contributed by atoms with Gasteiger partial charge in [0.1, 0.15) is 0 Å². The molecule has 2 atom stereocenters. The van der Waals surface area contributed by atoms with Crippen molar-refractivity contribution in [3.05, 3.63) is 0 Å². The van der Waals surface area contributed by atoms with E-state index in [9.17, 15) is 4.79 Å². The molecule has 3 N–H and O–H groups in total. The van der Waals surface area contributed by atoms with Crippen LogP contribution in [0, 0.1) is 0 Å². The minimum atomic E-state index is -0.344. The van der Waals surface area contributed by atoms with Gasteiger partial charge in [0.25, 0.3) is 0 Å². The van der Waals surface area contributed by atoms with E-state index in [4.69, 9.17) is 5.73 Å². The van der Waals surface area contributed by atoms with Gasteiger partial charge in [0.15, 0.2) is 0 Å². The van der Waals surface area contributed by atoms with Gasteiger partial charge in [0.2, 0.25) is 5.91 Å². The molecule has 0 bridgehead atoms. The van der Waals surface area contributed by atoms with E-state index < -0.39 is 0 Å². The second kappa shape index (κ2) is 7.80. The van der Waals surface area contributed by atoms with Crippen molar-refractivity contribution in [2.75, 3.05) is 0 Å². The van der Waals surface area contributed by atoms with Gasteiger partial charge in [0, 0.05) is 6.04 Å². The monoisotopic (exact) mass is 200 g/mol. The first-order valence-corrected chi connectivity index (χ1v) is 5.67. The van der Waals surface area contributed by atoms with Crippen LogP contribution in [0.1, 0.15) is 52.9 Å². The standard InChI is InChI=1S/C11H24N2O/c1-4-6-7-8-9(3)13-11(14)10(12)5-2/h9-10H,4-8,12H2,1-3H3,(H,13,14). The largest absolute Gasteiger partial charge is 0.352 e. The fraction of sp³-hybridized carbons (Fsp3) is 0.909. The van der Waals surface area contributed by atoms with Crippen molar-refractivity contribution in [2.24, 2.45) is 5.73 Å². The molecule has 3 heteroatoms. The van der Waals surface area contributed by atoms with Crippen LogP contribution in [-0.2, 0) is 4.79 Å². The van der Waals surface area contributed by atoms with E-state index in [-0.39, 0.29) is 18.0 Å². The zero-order valence-corrected chi connectivity index (χ0v) is 9.68. The first kappa shape index (κ1) is 13.4. The summed E-state index contributed by atoms with van der Waals surface area (Å²) in [5.41, 5.74) is 5.61. The zero-order valence-electron chi connectivity index (χ0n) is 9.68. The highest BCUT2D eigenvalue weighted by molar-refractivity contribution is 5.81. The van der Waals surface area contributed by atoms with E-state index in [0.717, 1.165) is 6.42 Å². The van der Waals surface area contributed by atoms with E-state index in [1.165, 1.54) is 19.3 Å². The van der Waals surface area contributed by atoms with Gasteiger partial charge < -0.3 is 11.1 Å². The molecule has 3 nitrogen and oxygen atoms in total. The van der Waals surface area contributed by atoms with Crippen LogP contribution in [0.2, 0.25) is 0 Å². The van der Waals surface area contributed by atoms with Crippen molar-refractivity contribution >= 4 is 5.91 Å². The number of amides is 1. The molecule has 0 heterocycles. The van der Waals surface area contributed by atoms with Crippen LogP contribution in [0.25, 0.3) is 0 Å². The molecule has 0 saturated heterocycles. The number of rotatable bonds is 7. The van der Waals surface area contributed by atoms with Crippen molar-refractivity contribution in [3.63, 3.8) is 0 Å². The molecule has 0 aliphatic heterocycles. The number of hydrogen-bond acceptors (Lipinski definition) is 2. The Kier molecular flexibility index (Phi) is 7.48. The Morgan fingerprint density at radius 1 is 1.36 bits per heavy atom. The smallest absolute Gasteiger partial charge is 0.237 e. The second-order valence-electron chi connectivity index (χ2n) is 3.92. The van der Waals surface area contributed by atoms with Crippen molar-refractivity contribution in [1.29, 1.82) is 0 Å². The number of hydrogen-bond donors (Lipinski definition) is 2. The average Bonchev–Trinajstić information content (AvgIpc) is 2.16. The molecule has 0 aliphatic rings. The maximum absolute atomic E-state index is 11.4. The van der Waals surface area contributed by atoms with Gasteiger partial charge in [-0.05, 0) is 19.8 Å². The van der Waals surface area contributed by atoms with Crippen LogP contribution >= 0.6 is 0 Å². The third-order valence-electron chi connectivity index (χ3n) is 2.41. The normalized spacial score (nSPS) is 14.9. The summed E-state index contributed by atoms with van der Waals surface area (Å²) in [6, 6.07) is -0.0877. The molecule has 0 aromatic heterocycles. The molecule has 84 valence electrons. The maximum Gasteiger partial charge on any atom is 0.237 e. The first-order chi connectivity index (χ1) is 6.61. The van der Waals surface area contributed by atoms with Gasteiger partial charge in [-0.3, -0.25) is 4.79 Å². The number of nitrogens with two attached hydrogens (primary N) is 1. The van der Waals surface area contributed by atoms with Crippen molar-refractivity contribution in [2.45, 2.75) is 65.0 Å². The molecule has 0 saturated carbocycles. The quantitative estimate of drug-likeness (QED) is 0.616. The molecule has 0 aliphatic carbocycles. The summed E-state index contributed by atoms with van der Waals surface area (Å²) in [6.45, 7) is 6.14. The third kappa shape index (κ3) is 5.97. The molecular weight excluding hydrogens is 176 g/mol. The summed E-state index contributed by atoms with van der Waals surface area (Å²) in [5.74, 6) is -0.0171. The van der Waals surface area contributed by atoms with Gasteiger partial charge in [-0.25, -0.2) is 0 Å². The van der Waals surface area contributed by atoms with Gasteiger partial charge in [-0.2, -0.15) is 0 Å². The number of unbranched alkanes of at least 4 members (excludes halogenated alkanes) is 2. The Labute approximate surface area is 87.4 Å². The highest BCUT2D eigenvalue weighted by atomic mass is 16.2. The Morgan fingerprint density at radius 2 is 2.00 bits per heavy atom. The van der Waals surface area contributed by atoms with Crippen LogP contribution in [0.15, 0.2) is 0 Å². The summed E-state index contributed by atoms with van der Waals surface area (Å²) in [6.07, 6.45) is 5.39. The fourth-order valence-corrected chi connectivity index (χ4v) is 1.31. The van der Waals surface area contributed by atoms with Crippen LogP contribution in [-0.4, -0.2) is 18.0 Å². The van der Waals surface area contributed by atoms with E-state index in [2.05, 4.69) is 12.2 Å². The Bertz CT molecular complexity index is 159. The minimum absolute atomic E-state index is 0.0171. The molecular formula is C11H24N2O. The lowest BCUT2D eigenvalue weighted by Crippen LogP contribution is -2.44. The maximum atomic E-state index is 11.4. The third-order valence-corrected chi connectivity index (χ3v) is 2.41. The molecule has 0 radical (unpaired) electrons. The van der Waals surface area contributed by atoms with Crippen LogP contribution in [0.4, 0.5) is 0 Å². The van der Waals surface area contributed by atoms with E-state index in [0.29, 0.717) is 6.42 Å². The summed E-state index contributed by atoms with van der Waals surface area (Å²) < 4.78 is 0. The van der Waals surface area contributed by atoms with Gasteiger partial charge in [0.05, 0.1) is 6.04 Å². The number of carbonyl (C=O) groups excluding carboxylic acids is 1. The molecule has 0 aromatic rings. The summed E-state index contributed by atoms with van der Waals surface area (Å²) >= 11 is 0. The summed E-state index contributed by atoms with van der Waals surface area (Å²) in [7, 11) is 0.